The number of rotatable bonds is 3. The number of nitrogens with two attached hydrogens (primary N) is 2. The molecule has 1 aromatic heterocycles. The van der Waals surface area contributed by atoms with Crippen LogP contribution in [0.4, 0.5) is 5.82 Å². The number of H-pyrrole nitrogens is 1. The zero-order valence-corrected chi connectivity index (χ0v) is 11.9. The number of nitrogens with zero attached hydrogens (tertiary/aromatic N) is 1. The van der Waals surface area contributed by atoms with Gasteiger partial charge < -0.3 is 20.8 Å². The largest absolute Gasteiger partial charge is 0.491 e. The lowest BCUT2D eigenvalue weighted by atomic mass is 9.77. The van der Waals surface area contributed by atoms with E-state index in [1.54, 1.807) is 6.07 Å². The number of nitrogen functional groups attached to an aromatic ring is 1. The molecule has 1 aliphatic rings. The summed E-state index contributed by atoms with van der Waals surface area (Å²) in [6.07, 6.45) is 1.87. The van der Waals surface area contributed by atoms with Crippen LogP contribution in [0.2, 0.25) is 0 Å². The van der Waals surface area contributed by atoms with Gasteiger partial charge in [0.15, 0.2) is 0 Å². The summed E-state index contributed by atoms with van der Waals surface area (Å²) in [6, 6.07) is 1.74. The van der Waals surface area contributed by atoms with Crippen molar-refractivity contribution in [3.05, 3.63) is 17.2 Å². The third kappa shape index (κ3) is 2.68. The van der Waals surface area contributed by atoms with Crippen molar-refractivity contribution in [3.8, 4) is 0 Å². The first-order chi connectivity index (χ1) is 8.75. The van der Waals surface area contributed by atoms with Crippen molar-refractivity contribution in [2.24, 2.45) is 5.73 Å². The van der Waals surface area contributed by atoms with Crippen LogP contribution >= 0.6 is 0 Å². The van der Waals surface area contributed by atoms with Gasteiger partial charge in [0, 0.05) is 12.6 Å². The molecule has 1 saturated heterocycles. The highest BCUT2D eigenvalue weighted by Crippen LogP contribution is 2.38. The Labute approximate surface area is 113 Å². The minimum atomic E-state index is -0.445. The summed E-state index contributed by atoms with van der Waals surface area (Å²) >= 11 is 0. The summed E-state index contributed by atoms with van der Waals surface area (Å²) in [7, 11) is -0.445. The average molecular weight is 264 g/mol. The fourth-order valence-electron chi connectivity index (χ4n) is 1.84. The maximum absolute atomic E-state index is 5.96. The Bertz CT molecular complexity index is 480. The van der Waals surface area contributed by atoms with E-state index in [0.29, 0.717) is 12.4 Å². The SMILES string of the molecule is CC1(C)OB(C(=Cc2cc(N)n[nH]2)CN)OC1(C)C. The van der Waals surface area contributed by atoms with Crippen molar-refractivity contribution in [2.75, 3.05) is 12.3 Å². The molecule has 1 aliphatic heterocycles. The van der Waals surface area contributed by atoms with Gasteiger partial charge in [-0.3, -0.25) is 5.10 Å². The van der Waals surface area contributed by atoms with Gasteiger partial charge >= 0.3 is 7.12 Å². The molecule has 0 aromatic carbocycles. The zero-order valence-electron chi connectivity index (χ0n) is 11.9. The van der Waals surface area contributed by atoms with Crippen LogP contribution < -0.4 is 11.5 Å². The van der Waals surface area contributed by atoms with E-state index in [-0.39, 0.29) is 11.2 Å². The number of anilines is 1. The fourth-order valence-corrected chi connectivity index (χ4v) is 1.84. The van der Waals surface area contributed by atoms with Crippen LogP contribution in [0.25, 0.3) is 6.08 Å². The van der Waals surface area contributed by atoms with Crippen molar-refractivity contribution >= 4 is 19.0 Å². The van der Waals surface area contributed by atoms with Gasteiger partial charge in [-0.15, -0.1) is 0 Å². The summed E-state index contributed by atoms with van der Waals surface area (Å²) in [5, 5.41) is 6.69. The molecular formula is C12H21BN4O2. The fraction of sp³-hybridized carbons (Fsp3) is 0.583. The lowest BCUT2D eigenvalue weighted by molar-refractivity contribution is 0.00578. The van der Waals surface area contributed by atoms with E-state index < -0.39 is 7.12 Å². The molecule has 1 aromatic rings. The van der Waals surface area contributed by atoms with Gasteiger partial charge in [-0.2, -0.15) is 5.10 Å². The molecule has 0 amide bonds. The first-order valence-corrected chi connectivity index (χ1v) is 6.32. The van der Waals surface area contributed by atoms with Crippen LogP contribution in [-0.4, -0.2) is 35.1 Å². The first kappa shape index (κ1) is 14.1. The van der Waals surface area contributed by atoms with E-state index >= 15 is 0 Å². The number of nitrogens with one attached hydrogen (secondary N) is 1. The normalized spacial score (nSPS) is 21.9. The molecule has 19 heavy (non-hydrogen) atoms. The second-order valence-electron chi connectivity index (χ2n) is 5.76. The number of hydrogen-bond acceptors (Lipinski definition) is 5. The third-order valence-corrected chi connectivity index (χ3v) is 3.75. The molecule has 104 valence electrons. The Balaban J connectivity index is 2.23. The van der Waals surface area contributed by atoms with Gasteiger partial charge in [0.25, 0.3) is 0 Å². The standard InChI is InChI=1S/C12H21BN4O2/c1-11(2)12(3,4)19-13(18-11)8(7-14)5-9-6-10(15)17-16-9/h5-6H,7,14H2,1-4H3,(H3,15,16,17). The molecule has 1 fully saturated rings. The highest BCUT2D eigenvalue weighted by atomic mass is 16.7. The Kier molecular flexibility index (Phi) is 3.46. The second-order valence-corrected chi connectivity index (χ2v) is 5.76. The van der Waals surface area contributed by atoms with E-state index in [2.05, 4.69) is 10.2 Å². The third-order valence-electron chi connectivity index (χ3n) is 3.75. The maximum Gasteiger partial charge on any atom is 0.491 e. The lowest BCUT2D eigenvalue weighted by Crippen LogP contribution is -2.41. The van der Waals surface area contributed by atoms with Crippen LogP contribution in [0.3, 0.4) is 0 Å². The number of hydrogen-bond donors (Lipinski definition) is 3. The molecule has 0 unspecified atom stereocenters. The summed E-state index contributed by atoms with van der Waals surface area (Å²) in [5.74, 6) is 0.441. The van der Waals surface area contributed by atoms with Gasteiger partial charge in [-0.05, 0) is 39.2 Å². The minimum absolute atomic E-state index is 0.343. The predicted molar refractivity (Wildman–Crippen MR) is 76.1 cm³/mol. The van der Waals surface area contributed by atoms with Crippen molar-refractivity contribution < 1.29 is 9.31 Å². The molecule has 7 heteroatoms. The van der Waals surface area contributed by atoms with Gasteiger partial charge in [0.05, 0.1) is 16.9 Å². The monoisotopic (exact) mass is 264 g/mol. The quantitative estimate of drug-likeness (QED) is 0.706. The molecule has 0 radical (unpaired) electrons. The summed E-state index contributed by atoms with van der Waals surface area (Å²) < 4.78 is 11.9. The number of aromatic amines is 1. The van der Waals surface area contributed by atoms with Gasteiger partial charge in [-0.1, -0.05) is 0 Å². The first-order valence-electron chi connectivity index (χ1n) is 6.32. The summed E-state index contributed by atoms with van der Waals surface area (Å²) in [6.45, 7) is 8.38. The average Bonchev–Trinajstić information content (AvgIpc) is 2.78. The van der Waals surface area contributed by atoms with Crippen LogP contribution in [0, 0.1) is 0 Å². The molecule has 0 aliphatic carbocycles. The Morgan fingerprint density at radius 2 is 1.95 bits per heavy atom. The van der Waals surface area contributed by atoms with Crippen LogP contribution in [0.1, 0.15) is 33.4 Å². The van der Waals surface area contributed by atoms with E-state index in [1.165, 1.54) is 0 Å². The Morgan fingerprint density at radius 1 is 1.37 bits per heavy atom. The van der Waals surface area contributed by atoms with Crippen LogP contribution in [-0.2, 0) is 9.31 Å². The van der Waals surface area contributed by atoms with Crippen molar-refractivity contribution in [3.63, 3.8) is 0 Å². The second kappa shape index (κ2) is 4.66. The zero-order chi connectivity index (χ0) is 14.3. The van der Waals surface area contributed by atoms with E-state index in [1.807, 2.05) is 33.8 Å². The maximum atomic E-state index is 5.96. The molecule has 0 spiro atoms. The molecule has 0 bridgehead atoms. The predicted octanol–water partition coefficient (Wildman–Crippen LogP) is 0.965. The molecule has 0 saturated carbocycles. The van der Waals surface area contributed by atoms with Crippen molar-refractivity contribution in [2.45, 2.75) is 38.9 Å². The summed E-state index contributed by atoms with van der Waals surface area (Å²) in [4.78, 5) is 0. The topological polar surface area (TPSA) is 99.2 Å². The van der Waals surface area contributed by atoms with Crippen molar-refractivity contribution in [1.82, 2.24) is 10.2 Å². The molecule has 5 N–H and O–H groups in total. The van der Waals surface area contributed by atoms with Crippen LogP contribution in [0.5, 0.6) is 0 Å². The molecule has 0 atom stereocenters. The van der Waals surface area contributed by atoms with E-state index in [4.69, 9.17) is 20.8 Å². The smallest absolute Gasteiger partial charge is 0.400 e. The Hall–Kier alpha value is -1.31. The lowest BCUT2D eigenvalue weighted by Gasteiger charge is -2.32. The van der Waals surface area contributed by atoms with Gasteiger partial charge in [0.2, 0.25) is 0 Å². The highest BCUT2D eigenvalue weighted by Gasteiger charge is 2.52. The molecular weight excluding hydrogens is 243 g/mol. The van der Waals surface area contributed by atoms with E-state index in [9.17, 15) is 0 Å². The van der Waals surface area contributed by atoms with Gasteiger partial charge in [0.1, 0.15) is 5.82 Å². The number of aromatic nitrogens is 2. The minimum Gasteiger partial charge on any atom is -0.400 e. The Morgan fingerprint density at radius 3 is 2.37 bits per heavy atom. The van der Waals surface area contributed by atoms with Crippen LogP contribution in [0.15, 0.2) is 11.5 Å². The summed E-state index contributed by atoms with van der Waals surface area (Å²) in [5.41, 5.74) is 12.2. The van der Waals surface area contributed by atoms with Gasteiger partial charge in [-0.25, -0.2) is 0 Å². The highest BCUT2D eigenvalue weighted by molar-refractivity contribution is 6.55. The molecule has 2 heterocycles. The molecule has 6 nitrogen and oxygen atoms in total. The van der Waals surface area contributed by atoms with Crippen molar-refractivity contribution in [1.29, 1.82) is 0 Å². The van der Waals surface area contributed by atoms with E-state index in [0.717, 1.165) is 11.2 Å². The molecule has 2 rings (SSSR count).